The summed E-state index contributed by atoms with van der Waals surface area (Å²) in [6.45, 7) is 0. The summed E-state index contributed by atoms with van der Waals surface area (Å²) < 4.78 is 26.0. The van der Waals surface area contributed by atoms with Gasteiger partial charge in [-0.15, -0.1) is 22.7 Å². The van der Waals surface area contributed by atoms with Gasteiger partial charge in [-0.2, -0.15) is 0 Å². The average molecular weight is 379 g/mol. The lowest BCUT2D eigenvalue weighted by atomic mass is 10.2. The maximum Gasteiger partial charge on any atom is 0.267 e. The number of halogens is 2. The lowest BCUT2D eigenvalue weighted by molar-refractivity contribution is -0.115. The topological polar surface area (TPSA) is 71.1 Å². The van der Waals surface area contributed by atoms with Crippen LogP contribution in [0.4, 0.5) is 19.6 Å². The van der Waals surface area contributed by atoms with E-state index in [2.05, 4.69) is 15.6 Å². The molecule has 2 aromatic heterocycles. The molecule has 0 aliphatic carbocycles. The second-order valence-corrected chi connectivity index (χ2v) is 6.74. The Kier molecular flexibility index (Phi) is 5.15. The zero-order chi connectivity index (χ0) is 17.8. The number of thiophene rings is 1. The van der Waals surface area contributed by atoms with Crippen LogP contribution in [0.15, 0.2) is 41.1 Å². The molecule has 0 spiro atoms. The Balaban J connectivity index is 1.58. The summed E-state index contributed by atoms with van der Waals surface area (Å²) in [4.78, 5) is 28.6. The van der Waals surface area contributed by atoms with Gasteiger partial charge in [0.2, 0.25) is 5.91 Å². The molecule has 9 heteroatoms. The maximum absolute atomic E-state index is 13.1. The minimum atomic E-state index is -1.04. The van der Waals surface area contributed by atoms with Crippen molar-refractivity contribution in [2.24, 2.45) is 0 Å². The Bertz CT molecular complexity index is 910. The van der Waals surface area contributed by atoms with Crippen molar-refractivity contribution in [3.05, 3.63) is 63.3 Å². The van der Waals surface area contributed by atoms with Crippen LogP contribution in [0.2, 0.25) is 0 Å². The minimum Gasteiger partial charge on any atom is -0.326 e. The van der Waals surface area contributed by atoms with E-state index >= 15 is 0 Å². The second-order valence-electron chi connectivity index (χ2n) is 4.93. The van der Waals surface area contributed by atoms with Gasteiger partial charge in [-0.1, -0.05) is 6.07 Å². The van der Waals surface area contributed by atoms with E-state index in [1.807, 2.05) is 0 Å². The highest BCUT2D eigenvalue weighted by atomic mass is 32.1. The van der Waals surface area contributed by atoms with Crippen LogP contribution in [0, 0.1) is 11.6 Å². The SMILES string of the molecule is O=C(Cc1csc(NC(=O)c2cccs2)n1)Nc1ccc(F)c(F)c1. The van der Waals surface area contributed by atoms with Crippen molar-refractivity contribution in [1.82, 2.24) is 4.98 Å². The first kappa shape index (κ1) is 17.2. The third kappa shape index (κ3) is 4.46. The van der Waals surface area contributed by atoms with Crippen LogP contribution in [-0.2, 0) is 11.2 Å². The van der Waals surface area contributed by atoms with Crippen LogP contribution in [-0.4, -0.2) is 16.8 Å². The molecule has 3 rings (SSSR count). The monoisotopic (exact) mass is 379 g/mol. The van der Waals surface area contributed by atoms with Gasteiger partial charge in [-0.05, 0) is 23.6 Å². The van der Waals surface area contributed by atoms with Gasteiger partial charge in [0.05, 0.1) is 17.0 Å². The van der Waals surface area contributed by atoms with Gasteiger partial charge in [0.1, 0.15) is 0 Å². The van der Waals surface area contributed by atoms with Crippen LogP contribution in [0.5, 0.6) is 0 Å². The average Bonchev–Trinajstić information content (AvgIpc) is 3.23. The van der Waals surface area contributed by atoms with Crippen molar-refractivity contribution < 1.29 is 18.4 Å². The zero-order valence-electron chi connectivity index (χ0n) is 12.6. The standard InChI is InChI=1S/C16H11F2N3O2S2/c17-11-4-3-9(6-12(11)18)19-14(22)7-10-8-25-16(20-10)21-15(23)13-2-1-5-24-13/h1-6,8H,7H2,(H,19,22)(H,20,21,23). The van der Waals surface area contributed by atoms with Gasteiger partial charge in [-0.25, -0.2) is 13.8 Å². The normalized spacial score (nSPS) is 10.5. The molecule has 0 atom stereocenters. The Morgan fingerprint density at radius 2 is 1.92 bits per heavy atom. The van der Waals surface area contributed by atoms with Crippen molar-refractivity contribution in [3.8, 4) is 0 Å². The summed E-state index contributed by atoms with van der Waals surface area (Å²) in [5.74, 6) is -2.71. The Labute approximate surface area is 149 Å². The fourth-order valence-electron chi connectivity index (χ4n) is 1.96. The summed E-state index contributed by atoms with van der Waals surface area (Å²) in [5.41, 5.74) is 0.622. The lowest BCUT2D eigenvalue weighted by Crippen LogP contribution is -2.15. The number of rotatable bonds is 5. The molecule has 0 aliphatic heterocycles. The fourth-order valence-corrected chi connectivity index (χ4v) is 3.28. The van der Waals surface area contributed by atoms with Gasteiger partial charge >= 0.3 is 0 Å². The van der Waals surface area contributed by atoms with Crippen LogP contribution in [0.1, 0.15) is 15.4 Å². The van der Waals surface area contributed by atoms with Gasteiger partial charge < -0.3 is 5.32 Å². The molecule has 128 valence electrons. The van der Waals surface area contributed by atoms with Gasteiger partial charge in [-0.3, -0.25) is 14.9 Å². The van der Waals surface area contributed by atoms with Gasteiger partial charge in [0.15, 0.2) is 16.8 Å². The molecule has 0 radical (unpaired) electrons. The zero-order valence-corrected chi connectivity index (χ0v) is 14.2. The maximum atomic E-state index is 13.1. The number of aromatic nitrogens is 1. The van der Waals surface area contributed by atoms with Crippen molar-refractivity contribution in [2.75, 3.05) is 10.6 Å². The van der Waals surface area contributed by atoms with Crippen molar-refractivity contribution >= 4 is 45.3 Å². The number of carbonyl (C=O) groups is 2. The highest BCUT2D eigenvalue weighted by Crippen LogP contribution is 2.19. The van der Waals surface area contributed by atoms with Crippen molar-refractivity contribution in [1.29, 1.82) is 0 Å². The van der Waals surface area contributed by atoms with E-state index in [1.165, 1.54) is 28.7 Å². The van der Waals surface area contributed by atoms with E-state index in [9.17, 15) is 18.4 Å². The van der Waals surface area contributed by atoms with Gasteiger partial charge in [0, 0.05) is 17.1 Å². The van der Waals surface area contributed by atoms with E-state index in [4.69, 9.17) is 0 Å². The molecule has 0 unspecified atom stereocenters. The fraction of sp³-hybridized carbons (Fsp3) is 0.0625. The number of benzene rings is 1. The molecule has 2 N–H and O–H groups in total. The Morgan fingerprint density at radius 3 is 2.64 bits per heavy atom. The molecule has 3 aromatic rings. The number of amides is 2. The summed E-state index contributed by atoms with van der Waals surface area (Å²) in [6, 6.07) is 6.58. The number of nitrogens with zero attached hydrogens (tertiary/aromatic N) is 1. The highest BCUT2D eigenvalue weighted by molar-refractivity contribution is 7.14. The first-order valence-corrected chi connectivity index (χ1v) is 8.81. The molecule has 0 aliphatic rings. The van der Waals surface area contributed by atoms with Crippen LogP contribution < -0.4 is 10.6 Å². The summed E-state index contributed by atoms with van der Waals surface area (Å²) in [7, 11) is 0. The molecule has 2 amide bonds. The van der Waals surface area contributed by atoms with Crippen LogP contribution >= 0.6 is 22.7 Å². The van der Waals surface area contributed by atoms with Crippen molar-refractivity contribution in [3.63, 3.8) is 0 Å². The highest BCUT2D eigenvalue weighted by Gasteiger charge is 2.12. The quantitative estimate of drug-likeness (QED) is 0.706. The Hall–Kier alpha value is -2.65. The van der Waals surface area contributed by atoms with Crippen LogP contribution in [0.25, 0.3) is 0 Å². The smallest absolute Gasteiger partial charge is 0.267 e. The minimum absolute atomic E-state index is 0.0512. The van der Waals surface area contributed by atoms with E-state index in [-0.39, 0.29) is 18.0 Å². The second kappa shape index (κ2) is 7.49. The molecule has 0 bridgehead atoms. The van der Waals surface area contributed by atoms with E-state index in [0.717, 1.165) is 12.1 Å². The molecule has 2 heterocycles. The number of hydrogen-bond donors (Lipinski definition) is 2. The van der Waals surface area contributed by atoms with E-state index < -0.39 is 17.5 Å². The molecule has 0 fully saturated rings. The first-order chi connectivity index (χ1) is 12.0. The molecule has 1 aromatic carbocycles. The molecular weight excluding hydrogens is 368 g/mol. The summed E-state index contributed by atoms with van der Waals surface area (Å²) in [5, 5.41) is 8.95. The molecular formula is C16H11F2N3O2S2. The number of anilines is 2. The predicted molar refractivity (Wildman–Crippen MR) is 93.1 cm³/mol. The number of nitrogens with one attached hydrogen (secondary N) is 2. The summed E-state index contributed by atoms with van der Waals surface area (Å²) in [6.07, 6.45) is -0.0512. The molecule has 0 saturated carbocycles. The molecule has 5 nitrogen and oxygen atoms in total. The van der Waals surface area contributed by atoms with Crippen molar-refractivity contribution in [2.45, 2.75) is 6.42 Å². The van der Waals surface area contributed by atoms with E-state index in [0.29, 0.717) is 15.7 Å². The molecule has 0 saturated heterocycles. The Morgan fingerprint density at radius 1 is 1.08 bits per heavy atom. The third-order valence-electron chi connectivity index (χ3n) is 3.06. The predicted octanol–water partition coefficient (Wildman–Crippen LogP) is 3.92. The van der Waals surface area contributed by atoms with E-state index in [1.54, 1.807) is 22.9 Å². The molecule has 25 heavy (non-hydrogen) atoms. The number of carbonyl (C=O) groups excluding carboxylic acids is 2. The van der Waals surface area contributed by atoms with Crippen LogP contribution in [0.3, 0.4) is 0 Å². The number of hydrogen-bond acceptors (Lipinski definition) is 5. The largest absolute Gasteiger partial charge is 0.326 e. The first-order valence-electron chi connectivity index (χ1n) is 7.05. The van der Waals surface area contributed by atoms with Gasteiger partial charge in [0.25, 0.3) is 5.91 Å². The summed E-state index contributed by atoms with van der Waals surface area (Å²) >= 11 is 2.51. The number of thiazole rings is 1. The lowest BCUT2D eigenvalue weighted by Gasteiger charge is -2.04. The third-order valence-corrected chi connectivity index (χ3v) is 4.74.